The fourth-order valence-electron chi connectivity index (χ4n) is 3.50. The van der Waals surface area contributed by atoms with Gasteiger partial charge in [-0.1, -0.05) is 37.2 Å². The van der Waals surface area contributed by atoms with E-state index in [0.29, 0.717) is 16.8 Å². The van der Waals surface area contributed by atoms with Crippen molar-refractivity contribution in [1.82, 2.24) is 9.88 Å². The molecule has 0 spiro atoms. The molecule has 1 aliphatic heterocycles. The van der Waals surface area contributed by atoms with Crippen molar-refractivity contribution in [3.63, 3.8) is 0 Å². The molecule has 1 saturated heterocycles. The van der Waals surface area contributed by atoms with Gasteiger partial charge in [-0.25, -0.2) is 4.98 Å². The van der Waals surface area contributed by atoms with Crippen LogP contribution in [0.15, 0.2) is 46.8 Å². The summed E-state index contributed by atoms with van der Waals surface area (Å²) >= 11 is 3.43. The Kier molecular flexibility index (Phi) is 6.69. The van der Waals surface area contributed by atoms with Gasteiger partial charge in [0.15, 0.2) is 4.34 Å². The minimum Gasteiger partial charge on any atom is -0.339 e. The minimum atomic E-state index is -0.264. The number of thioether (sulfide) groups is 1. The van der Waals surface area contributed by atoms with Crippen molar-refractivity contribution in [3.05, 3.63) is 53.6 Å². The summed E-state index contributed by atoms with van der Waals surface area (Å²) in [5.41, 5.74) is 2.53. The van der Waals surface area contributed by atoms with Gasteiger partial charge in [-0.2, -0.15) is 0 Å². The number of carbonyl (C=O) groups excluding carboxylic acids is 2. The first-order chi connectivity index (χ1) is 14.7. The highest BCUT2D eigenvalue weighted by Gasteiger charge is 2.24. The number of fused-ring (bicyclic) bond motifs is 1. The van der Waals surface area contributed by atoms with Gasteiger partial charge in [-0.15, -0.1) is 11.3 Å². The number of rotatable bonds is 7. The summed E-state index contributed by atoms with van der Waals surface area (Å²) in [4.78, 5) is 32.3. The fraction of sp³-hybridized carbons (Fsp3) is 0.348. The Morgan fingerprint density at radius 3 is 2.67 bits per heavy atom. The quantitative estimate of drug-likeness (QED) is 0.380. The van der Waals surface area contributed by atoms with Gasteiger partial charge in [0.1, 0.15) is 0 Å². The molecule has 0 aliphatic carbocycles. The molecular formula is C23H25N3O2S2. The number of hydrogen-bond donors (Lipinski definition) is 1. The predicted octanol–water partition coefficient (Wildman–Crippen LogP) is 5.68. The Morgan fingerprint density at radius 1 is 1.13 bits per heavy atom. The molecule has 1 fully saturated rings. The topological polar surface area (TPSA) is 62.3 Å². The van der Waals surface area contributed by atoms with Crippen LogP contribution in [-0.2, 0) is 0 Å². The third-order valence-corrected chi connectivity index (χ3v) is 7.39. The van der Waals surface area contributed by atoms with Gasteiger partial charge < -0.3 is 10.2 Å². The Balaban J connectivity index is 1.51. The molecule has 5 nitrogen and oxygen atoms in total. The largest absolute Gasteiger partial charge is 0.339 e. The highest BCUT2D eigenvalue weighted by atomic mass is 32.2. The molecule has 4 rings (SSSR count). The number of likely N-dealkylation sites (tertiary alicyclic amines) is 1. The summed E-state index contributed by atoms with van der Waals surface area (Å²) in [6.07, 6.45) is 4.40. The summed E-state index contributed by atoms with van der Waals surface area (Å²) in [6.45, 7) is 3.70. The number of amides is 2. The highest BCUT2D eigenvalue weighted by molar-refractivity contribution is 8.01. The lowest BCUT2D eigenvalue weighted by Crippen LogP contribution is -2.29. The average molecular weight is 440 g/mol. The van der Waals surface area contributed by atoms with Crippen LogP contribution < -0.4 is 5.32 Å². The molecular weight excluding hydrogens is 414 g/mol. The molecule has 2 aromatic carbocycles. The van der Waals surface area contributed by atoms with Crippen LogP contribution >= 0.6 is 23.1 Å². The third kappa shape index (κ3) is 4.68. The first kappa shape index (κ1) is 20.9. The van der Waals surface area contributed by atoms with Crippen LogP contribution in [0.5, 0.6) is 0 Å². The number of anilines is 1. The summed E-state index contributed by atoms with van der Waals surface area (Å²) in [5.74, 6) is 0.742. The molecule has 7 heteroatoms. The Labute approximate surface area is 184 Å². The second kappa shape index (κ2) is 9.62. The van der Waals surface area contributed by atoms with Gasteiger partial charge in [-0.3, -0.25) is 9.59 Å². The Hall–Kier alpha value is -2.38. The lowest BCUT2D eigenvalue weighted by Gasteiger charge is -2.17. The van der Waals surface area contributed by atoms with Crippen molar-refractivity contribution in [2.24, 2.45) is 0 Å². The lowest BCUT2D eigenvalue weighted by molar-refractivity contribution is 0.0787. The lowest BCUT2D eigenvalue weighted by atomic mass is 10.1. The first-order valence-electron chi connectivity index (χ1n) is 10.4. The van der Waals surface area contributed by atoms with E-state index in [4.69, 9.17) is 0 Å². The van der Waals surface area contributed by atoms with Gasteiger partial charge in [-0.05, 0) is 49.6 Å². The van der Waals surface area contributed by atoms with Crippen LogP contribution in [0.25, 0.3) is 10.2 Å². The molecule has 0 radical (unpaired) electrons. The molecule has 1 aromatic heterocycles. The van der Waals surface area contributed by atoms with Gasteiger partial charge in [0.25, 0.3) is 11.8 Å². The first-order valence-corrected chi connectivity index (χ1v) is 12.2. The van der Waals surface area contributed by atoms with Gasteiger partial charge in [0, 0.05) is 24.5 Å². The predicted molar refractivity (Wildman–Crippen MR) is 125 cm³/mol. The Morgan fingerprint density at radius 2 is 1.90 bits per heavy atom. The van der Waals surface area contributed by atoms with Crippen molar-refractivity contribution in [1.29, 1.82) is 0 Å². The van der Waals surface area contributed by atoms with E-state index in [1.165, 1.54) is 12.8 Å². The van der Waals surface area contributed by atoms with Crippen molar-refractivity contribution in [2.75, 3.05) is 24.2 Å². The second-order valence-corrected chi connectivity index (χ2v) is 9.74. The van der Waals surface area contributed by atoms with Gasteiger partial charge in [0.05, 0.1) is 21.3 Å². The van der Waals surface area contributed by atoms with Crippen LogP contribution in [0.1, 0.15) is 53.3 Å². The molecule has 0 saturated carbocycles. The standard InChI is InChI=1S/C23H25N3O2S2/c1-2-3-14-29-23-25-19-11-10-16(15-20(19)30-23)24-21(27)17-8-4-5-9-18(17)22(28)26-12-6-7-13-26/h4-5,8-11,15H,2-3,6-7,12-14H2,1H3,(H,24,27). The number of nitrogens with one attached hydrogen (secondary N) is 1. The number of thiazole rings is 1. The summed E-state index contributed by atoms with van der Waals surface area (Å²) in [7, 11) is 0. The minimum absolute atomic E-state index is 0.0649. The van der Waals surface area contributed by atoms with E-state index in [2.05, 4.69) is 17.2 Å². The molecule has 0 atom stereocenters. The van der Waals surface area contributed by atoms with E-state index in [1.807, 2.05) is 23.1 Å². The van der Waals surface area contributed by atoms with E-state index in [9.17, 15) is 9.59 Å². The van der Waals surface area contributed by atoms with E-state index in [-0.39, 0.29) is 11.8 Å². The van der Waals surface area contributed by atoms with Crippen molar-refractivity contribution < 1.29 is 9.59 Å². The summed E-state index contributed by atoms with van der Waals surface area (Å²) in [5, 5.41) is 2.96. The molecule has 3 aromatic rings. The van der Waals surface area contributed by atoms with Crippen LogP contribution in [-0.4, -0.2) is 40.5 Å². The molecule has 156 valence electrons. The number of carbonyl (C=O) groups is 2. The number of benzene rings is 2. The fourth-order valence-corrected chi connectivity index (χ4v) is 5.77. The molecule has 0 unspecified atom stereocenters. The zero-order valence-electron chi connectivity index (χ0n) is 17.0. The summed E-state index contributed by atoms with van der Waals surface area (Å²) < 4.78 is 2.11. The molecule has 1 N–H and O–H groups in total. The maximum absolute atomic E-state index is 13.0. The zero-order valence-corrected chi connectivity index (χ0v) is 18.7. The molecule has 30 heavy (non-hydrogen) atoms. The van der Waals surface area contributed by atoms with Crippen LogP contribution in [0, 0.1) is 0 Å². The molecule has 2 amide bonds. The Bertz CT molecular complexity index is 1060. The monoisotopic (exact) mass is 439 g/mol. The molecule has 1 aliphatic rings. The van der Waals surface area contributed by atoms with E-state index in [0.717, 1.165) is 46.2 Å². The zero-order chi connectivity index (χ0) is 20.9. The molecule has 2 heterocycles. The van der Waals surface area contributed by atoms with Gasteiger partial charge >= 0.3 is 0 Å². The van der Waals surface area contributed by atoms with Crippen molar-refractivity contribution >= 4 is 50.8 Å². The van der Waals surface area contributed by atoms with Crippen molar-refractivity contribution in [2.45, 2.75) is 36.9 Å². The maximum Gasteiger partial charge on any atom is 0.256 e. The SMILES string of the molecule is CCCCSc1nc2ccc(NC(=O)c3ccccc3C(=O)N3CCCC3)cc2s1. The third-order valence-electron chi connectivity index (χ3n) is 5.15. The normalized spacial score (nSPS) is 13.7. The van der Waals surface area contributed by atoms with E-state index < -0.39 is 0 Å². The number of unbranched alkanes of at least 4 members (excludes halogenated alkanes) is 1. The van der Waals surface area contributed by atoms with E-state index in [1.54, 1.807) is 47.4 Å². The maximum atomic E-state index is 13.0. The smallest absolute Gasteiger partial charge is 0.256 e. The second-order valence-electron chi connectivity index (χ2n) is 7.36. The summed E-state index contributed by atoms with van der Waals surface area (Å²) in [6, 6.07) is 12.8. The van der Waals surface area contributed by atoms with Crippen LogP contribution in [0.2, 0.25) is 0 Å². The van der Waals surface area contributed by atoms with Crippen molar-refractivity contribution in [3.8, 4) is 0 Å². The van der Waals surface area contributed by atoms with E-state index >= 15 is 0 Å². The average Bonchev–Trinajstić information content (AvgIpc) is 3.43. The number of aromatic nitrogens is 1. The molecule has 0 bridgehead atoms. The number of nitrogens with zero attached hydrogens (tertiary/aromatic N) is 2. The van der Waals surface area contributed by atoms with Crippen LogP contribution in [0.4, 0.5) is 5.69 Å². The number of hydrogen-bond acceptors (Lipinski definition) is 5. The van der Waals surface area contributed by atoms with Gasteiger partial charge in [0.2, 0.25) is 0 Å². The highest BCUT2D eigenvalue weighted by Crippen LogP contribution is 2.32. The van der Waals surface area contributed by atoms with Crippen LogP contribution in [0.3, 0.4) is 0 Å².